The van der Waals surface area contributed by atoms with E-state index in [-0.39, 0.29) is 17.9 Å². The van der Waals surface area contributed by atoms with Gasteiger partial charge in [-0.2, -0.15) is 0 Å². The Balaban J connectivity index is 1.64. The zero-order valence-corrected chi connectivity index (χ0v) is 17.9. The molecule has 3 aromatic carbocycles. The molecule has 0 bridgehead atoms. The van der Waals surface area contributed by atoms with Gasteiger partial charge in [-0.05, 0) is 60.1 Å². The highest BCUT2D eigenvalue weighted by molar-refractivity contribution is 5.64. The quantitative estimate of drug-likeness (QED) is 0.338. The Morgan fingerprint density at radius 3 is 2.00 bits per heavy atom. The number of hydrogen-bond acceptors (Lipinski definition) is 1. The van der Waals surface area contributed by atoms with E-state index in [2.05, 4.69) is 55.5 Å². The fourth-order valence-electron chi connectivity index (χ4n) is 3.48. The minimum absolute atomic E-state index is 0.139. The average molecular weight is 425 g/mol. The number of hydrogen-bond donors (Lipinski definition) is 0. The molecule has 0 aromatic heterocycles. The third-order valence-electron chi connectivity index (χ3n) is 5.24. The van der Waals surface area contributed by atoms with Crippen LogP contribution in [0, 0.1) is 5.82 Å². The highest BCUT2D eigenvalue weighted by Crippen LogP contribution is 2.32. The third-order valence-corrected chi connectivity index (χ3v) is 5.24. The molecule has 0 spiro atoms. The maximum Gasteiger partial charge on any atom is 0.267 e. The van der Waals surface area contributed by atoms with Gasteiger partial charge < -0.3 is 4.74 Å². The Bertz CT molecular complexity index is 1010. The summed E-state index contributed by atoms with van der Waals surface area (Å²) in [6.45, 7) is 4.04. The molecule has 0 N–H and O–H groups in total. The number of ether oxygens (including phenoxy) is 1. The van der Waals surface area contributed by atoms with Gasteiger partial charge in [-0.25, -0.2) is 13.2 Å². The van der Waals surface area contributed by atoms with Gasteiger partial charge >= 0.3 is 0 Å². The normalized spacial score (nSPS) is 11.4. The second-order valence-corrected chi connectivity index (χ2v) is 7.30. The molecule has 0 radical (unpaired) electrons. The molecule has 0 saturated carbocycles. The van der Waals surface area contributed by atoms with Gasteiger partial charge in [0, 0.05) is 0 Å². The smallest absolute Gasteiger partial charge is 0.267 e. The van der Waals surface area contributed by atoms with E-state index in [9.17, 15) is 13.2 Å². The molecule has 31 heavy (non-hydrogen) atoms. The maximum absolute atomic E-state index is 14.3. The fraction of sp³-hybridized carbons (Fsp3) is 0.259. The summed E-state index contributed by atoms with van der Waals surface area (Å²) in [5.74, 6) is -1.12. The molecule has 0 aliphatic rings. The van der Waals surface area contributed by atoms with E-state index in [0.29, 0.717) is 6.42 Å². The summed E-state index contributed by atoms with van der Waals surface area (Å²) in [7, 11) is 0. The lowest BCUT2D eigenvalue weighted by Crippen LogP contribution is -2.01. The summed E-state index contributed by atoms with van der Waals surface area (Å²) >= 11 is 0. The lowest BCUT2D eigenvalue weighted by molar-refractivity contribution is 0.144. The van der Waals surface area contributed by atoms with Crippen LogP contribution in [-0.2, 0) is 12.8 Å². The second-order valence-electron chi connectivity index (χ2n) is 7.30. The van der Waals surface area contributed by atoms with E-state index < -0.39 is 17.8 Å². The van der Waals surface area contributed by atoms with Crippen LogP contribution >= 0.6 is 0 Å². The summed E-state index contributed by atoms with van der Waals surface area (Å²) in [5.41, 5.74) is 4.39. The van der Waals surface area contributed by atoms with Crippen molar-refractivity contribution >= 4 is 6.08 Å². The summed E-state index contributed by atoms with van der Waals surface area (Å²) < 4.78 is 46.2. The summed E-state index contributed by atoms with van der Waals surface area (Å²) in [4.78, 5) is 0. The summed E-state index contributed by atoms with van der Waals surface area (Å²) in [6.07, 6.45) is 2.92. The average Bonchev–Trinajstić information content (AvgIpc) is 2.79. The van der Waals surface area contributed by atoms with E-state index >= 15 is 0 Å². The Hall–Kier alpha value is -3.01. The largest absolute Gasteiger partial charge is 0.491 e. The molecule has 0 saturated heterocycles. The first-order chi connectivity index (χ1) is 15.0. The van der Waals surface area contributed by atoms with Crippen molar-refractivity contribution in [3.05, 3.63) is 94.8 Å². The van der Waals surface area contributed by atoms with E-state index in [1.165, 1.54) is 23.3 Å². The predicted octanol–water partition coefficient (Wildman–Crippen LogP) is 8.04. The van der Waals surface area contributed by atoms with Crippen molar-refractivity contribution in [2.75, 3.05) is 6.61 Å². The minimum atomic E-state index is -2.90. The van der Waals surface area contributed by atoms with Crippen LogP contribution < -0.4 is 4.74 Å². The van der Waals surface area contributed by atoms with Crippen LogP contribution in [0.1, 0.15) is 48.9 Å². The molecule has 0 heterocycles. The second kappa shape index (κ2) is 10.9. The number of rotatable bonds is 9. The zero-order valence-electron chi connectivity index (χ0n) is 17.9. The fourth-order valence-corrected chi connectivity index (χ4v) is 3.48. The molecule has 3 rings (SSSR count). The van der Waals surface area contributed by atoms with Gasteiger partial charge in [-0.1, -0.05) is 73.7 Å². The van der Waals surface area contributed by atoms with Crippen LogP contribution in [0.25, 0.3) is 17.2 Å². The number of aryl methyl sites for hydroxylation is 2. The van der Waals surface area contributed by atoms with Gasteiger partial charge in [0.05, 0.1) is 12.2 Å². The van der Waals surface area contributed by atoms with Crippen LogP contribution in [-0.4, -0.2) is 6.61 Å². The highest BCUT2D eigenvalue weighted by atomic mass is 19.3. The number of benzene rings is 3. The van der Waals surface area contributed by atoms with Crippen molar-refractivity contribution in [1.82, 2.24) is 0 Å². The molecule has 1 nitrogen and oxygen atoms in total. The SMILES string of the molecule is CCOc1ccc(C=CCCc2ccc(-c3ccc(CC)cc3)cc2)c(C(F)F)c1F. The van der Waals surface area contributed by atoms with Crippen molar-refractivity contribution in [3.63, 3.8) is 0 Å². The van der Waals surface area contributed by atoms with Crippen molar-refractivity contribution < 1.29 is 17.9 Å². The van der Waals surface area contributed by atoms with Crippen LogP contribution in [0.2, 0.25) is 0 Å². The molecule has 162 valence electrons. The van der Waals surface area contributed by atoms with Crippen molar-refractivity contribution in [3.8, 4) is 16.9 Å². The van der Waals surface area contributed by atoms with Crippen LogP contribution in [0.4, 0.5) is 13.2 Å². The molecule has 0 unspecified atom stereocenters. The molecule has 3 aromatic rings. The van der Waals surface area contributed by atoms with Gasteiger partial charge in [0.1, 0.15) is 0 Å². The zero-order chi connectivity index (χ0) is 22.2. The Morgan fingerprint density at radius 1 is 0.839 bits per heavy atom. The first-order valence-electron chi connectivity index (χ1n) is 10.6. The van der Waals surface area contributed by atoms with Crippen molar-refractivity contribution in [2.24, 2.45) is 0 Å². The highest BCUT2D eigenvalue weighted by Gasteiger charge is 2.20. The van der Waals surface area contributed by atoms with Gasteiger partial charge in [0.15, 0.2) is 11.6 Å². The van der Waals surface area contributed by atoms with E-state index in [0.717, 1.165) is 24.0 Å². The molecule has 0 fully saturated rings. The molecule has 0 amide bonds. The van der Waals surface area contributed by atoms with E-state index in [1.807, 2.05) is 0 Å². The molecule has 4 heteroatoms. The summed E-state index contributed by atoms with van der Waals surface area (Å²) in [5, 5.41) is 0. The molecular formula is C27H27F3O. The monoisotopic (exact) mass is 424 g/mol. The molecule has 0 aliphatic heterocycles. The lowest BCUT2D eigenvalue weighted by atomic mass is 10.0. The Kier molecular flexibility index (Phi) is 7.94. The van der Waals surface area contributed by atoms with Crippen LogP contribution in [0.3, 0.4) is 0 Å². The molecule has 0 atom stereocenters. The molecule has 0 aliphatic carbocycles. The Labute approximate surface area is 182 Å². The van der Waals surface area contributed by atoms with Crippen LogP contribution in [0.15, 0.2) is 66.7 Å². The Morgan fingerprint density at radius 2 is 1.45 bits per heavy atom. The summed E-state index contributed by atoms with van der Waals surface area (Å²) in [6, 6.07) is 19.8. The minimum Gasteiger partial charge on any atom is -0.491 e. The van der Waals surface area contributed by atoms with Gasteiger partial charge in [-0.3, -0.25) is 0 Å². The van der Waals surface area contributed by atoms with E-state index in [4.69, 9.17) is 4.74 Å². The van der Waals surface area contributed by atoms with E-state index in [1.54, 1.807) is 19.1 Å². The predicted molar refractivity (Wildman–Crippen MR) is 121 cm³/mol. The van der Waals surface area contributed by atoms with Gasteiger partial charge in [0.2, 0.25) is 0 Å². The van der Waals surface area contributed by atoms with Crippen LogP contribution in [0.5, 0.6) is 5.75 Å². The number of halogens is 3. The topological polar surface area (TPSA) is 9.23 Å². The third kappa shape index (κ3) is 5.78. The van der Waals surface area contributed by atoms with Gasteiger partial charge in [0.25, 0.3) is 6.43 Å². The first kappa shape index (κ1) is 22.7. The standard InChI is InChI=1S/C27H27F3O/c1-3-19-9-13-21(14-10-19)22-15-11-20(12-16-22)7-5-6-8-23-17-18-24(31-4-2)26(28)25(23)27(29)30/h6,8-18,27H,3-5,7H2,1-2H3. The maximum atomic E-state index is 14.3. The lowest BCUT2D eigenvalue weighted by Gasteiger charge is -2.11. The van der Waals surface area contributed by atoms with Crippen molar-refractivity contribution in [1.29, 1.82) is 0 Å². The first-order valence-corrected chi connectivity index (χ1v) is 10.6. The van der Waals surface area contributed by atoms with Crippen molar-refractivity contribution in [2.45, 2.75) is 39.5 Å². The van der Waals surface area contributed by atoms with Gasteiger partial charge in [-0.15, -0.1) is 0 Å². The molecular weight excluding hydrogens is 397 g/mol. The number of alkyl halides is 2. The number of allylic oxidation sites excluding steroid dienone is 1.